The summed E-state index contributed by atoms with van der Waals surface area (Å²) >= 11 is 0. The Bertz CT molecular complexity index is 969. The number of pyridine rings is 1. The van der Waals surface area contributed by atoms with Crippen LogP contribution in [0.4, 0.5) is 0 Å². The second-order valence-electron chi connectivity index (χ2n) is 7.90. The fraction of sp³-hybridized carbons (Fsp3) is 0.522. The van der Waals surface area contributed by atoms with Crippen LogP contribution in [0.5, 0.6) is 0 Å². The maximum atomic E-state index is 9.11. The molecular formula is C23H29N. The highest BCUT2D eigenvalue weighted by atomic mass is 14.7. The van der Waals surface area contributed by atoms with Gasteiger partial charge in [0.25, 0.3) is 0 Å². The summed E-state index contributed by atoms with van der Waals surface area (Å²) in [4.78, 5) is 4.38. The average molecular weight is 327 g/mol. The number of hydrogen-bond acceptors (Lipinski definition) is 1. The van der Waals surface area contributed by atoms with Crippen molar-refractivity contribution in [1.29, 1.82) is 0 Å². The van der Waals surface area contributed by atoms with Gasteiger partial charge in [-0.05, 0) is 79.2 Å². The van der Waals surface area contributed by atoms with Crippen molar-refractivity contribution < 1.29 is 9.60 Å². The summed E-state index contributed by atoms with van der Waals surface area (Å²) in [7, 11) is 0. The third-order valence-corrected chi connectivity index (χ3v) is 5.58. The monoisotopic (exact) mass is 326 g/mol. The van der Waals surface area contributed by atoms with Crippen molar-refractivity contribution in [1.82, 2.24) is 4.98 Å². The molecule has 2 aliphatic rings. The number of hydrogen-bond donors (Lipinski definition) is 0. The zero-order valence-electron chi connectivity index (χ0n) is 21.4. The Labute approximate surface area is 156 Å². The van der Waals surface area contributed by atoms with Gasteiger partial charge in [0.05, 0.1) is 5.69 Å². The van der Waals surface area contributed by atoms with Crippen LogP contribution in [0.3, 0.4) is 0 Å². The fourth-order valence-electron chi connectivity index (χ4n) is 3.95. The van der Waals surface area contributed by atoms with E-state index in [0.717, 1.165) is 25.7 Å². The minimum absolute atomic E-state index is 0.0128. The van der Waals surface area contributed by atoms with Crippen molar-refractivity contribution in [2.45, 2.75) is 59.1 Å². The SMILES string of the molecule is [2H]C([2H])([2H])c1cnc(-c2ccccc2)c2c1C([2H])([2H])C(C1CCC(C)(C)CC1)C2([2H])[2H]. The first-order valence-corrected chi connectivity index (χ1v) is 8.87. The van der Waals surface area contributed by atoms with Gasteiger partial charge in [-0.15, -0.1) is 0 Å². The molecule has 126 valence electrons. The van der Waals surface area contributed by atoms with Crippen molar-refractivity contribution in [2.75, 3.05) is 0 Å². The topological polar surface area (TPSA) is 12.9 Å². The van der Waals surface area contributed by atoms with Crippen molar-refractivity contribution in [3.8, 4) is 11.3 Å². The molecule has 2 aromatic rings. The van der Waals surface area contributed by atoms with Crippen molar-refractivity contribution in [3.63, 3.8) is 0 Å². The normalized spacial score (nSPS) is 32.2. The molecule has 1 nitrogen and oxygen atoms in total. The molecule has 1 fully saturated rings. The quantitative estimate of drug-likeness (QED) is 0.660. The Morgan fingerprint density at radius 3 is 2.46 bits per heavy atom. The third kappa shape index (κ3) is 2.90. The van der Waals surface area contributed by atoms with Crippen LogP contribution in [-0.4, -0.2) is 4.98 Å². The van der Waals surface area contributed by atoms with E-state index in [1.807, 2.05) is 18.2 Å². The zero-order chi connectivity index (χ0) is 22.8. The van der Waals surface area contributed by atoms with Crippen molar-refractivity contribution in [3.05, 3.63) is 53.2 Å². The van der Waals surface area contributed by atoms with Crippen LogP contribution in [0.15, 0.2) is 36.5 Å². The number of nitrogens with zero attached hydrogens (tertiary/aromatic N) is 1. The lowest BCUT2D eigenvalue weighted by molar-refractivity contribution is 0.151. The highest BCUT2D eigenvalue weighted by Crippen LogP contribution is 2.46. The van der Waals surface area contributed by atoms with Gasteiger partial charge in [0.2, 0.25) is 0 Å². The molecule has 0 radical (unpaired) electrons. The van der Waals surface area contributed by atoms with Gasteiger partial charge in [0.15, 0.2) is 0 Å². The molecule has 0 spiro atoms. The van der Waals surface area contributed by atoms with E-state index in [0.29, 0.717) is 11.3 Å². The van der Waals surface area contributed by atoms with E-state index in [4.69, 9.17) is 9.60 Å². The van der Waals surface area contributed by atoms with Crippen LogP contribution in [-0.2, 0) is 12.7 Å². The lowest BCUT2D eigenvalue weighted by Gasteiger charge is -2.37. The second-order valence-corrected chi connectivity index (χ2v) is 7.90. The lowest BCUT2D eigenvalue weighted by Crippen LogP contribution is -2.26. The van der Waals surface area contributed by atoms with Gasteiger partial charge in [-0.1, -0.05) is 44.2 Å². The molecule has 1 aromatic heterocycles. The summed E-state index contributed by atoms with van der Waals surface area (Å²) in [5.41, 5.74) is 1.11. The van der Waals surface area contributed by atoms with Crippen LogP contribution in [0.25, 0.3) is 11.3 Å². The molecule has 1 heteroatoms. The van der Waals surface area contributed by atoms with E-state index in [2.05, 4.69) is 18.8 Å². The van der Waals surface area contributed by atoms with Crippen LogP contribution >= 0.6 is 0 Å². The maximum Gasteiger partial charge on any atom is 0.0736 e. The predicted molar refractivity (Wildman–Crippen MR) is 101 cm³/mol. The molecule has 1 atom stereocenters. The average Bonchev–Trinajstić information content (AvgIpc) is 2.84. The molecule has 0 bridgehead atoms. The first-order chi connectivity index (χ1) is 14.3. The summed E-state index contributed by atoms with van der Waals surface area (Å²) in [6.07, 6.45) is 0.406. The highest BCUT2D eigenvalue weighted by molar-refractivity contribution is 5.66. The number of rotatable bonds is 2. The lowest BCUT2D eigenvalue weighted by atomic mass is 9.69. The van der Waals surface area contributed by atoms with Gasteiger partial charge in [0.1, 0.15) is 0 Å². The highest BCUT2D eigenvalue weighted by Gasteiger charge is 2.35. The molecule has 1 saturated carbocycles. The van der Waals surface area contributed by atoms with Gasteiger partial charge >= 0.3 is 0 Å². The first-order valence-electron chi connectivity index (χ1n) is 12.4. The van der Waals surface area contributed by atoms with Gasteiger partial charge in [0, 0.05) is 21.4 Å². The number of aromatic nitrogens is 1. The zero-order valence-corrected chi connectivity index (χ0v) is 14.4. The molecule has 0 amide bonds. The Morgan fingerprint density at radius 1 is 1.04 bits per heavy atom. The van der Waals surface area contributed by atoms with E-state index in [-0.39, 0.29) is 28.0 Å². The summed E-state index contributed by atoms with van der Waals surface area (Å²) in [6, 6.07) is 9.10. The van der Waals surface area contributed by atoms with Gasteiger partial charge in [-0.3, -0.25) is 4.98 Å². The largest absolute Gasteiger partial charge is 0.256 e. The Balaban J connectivity index is 1.94. The molecular weight excluding hydrogens is 290 g/mol. The second kappa shape index (κ2) is 6.02. The minimum atomic E-state index is -2.57. The summed E-state index contributed by atoms with van der Waals surface area (Å²) < 4.78 is 60.3. The molecule has 1 aromatic carbocycles. The number of benzene rings is 1. The molecule has 0 saturated heterocycles. The van der Waals surface area contributed by atoms with Crippen LogP contribution in [0.1, 0.15) is 65.8 Å². The number of fused-ring (bicyclic) bond motifs is 1. The van der Waals surface area contributed by atoms with E-state index < -0.39 is 25.5 Å². The van der Waals surface area contributed by atoms with Crippen LogP contribution in [0, 0.1) is 24.1 Å². The standard InChI is InChI=1S/C23H29N/c1-16-15-24-22(18-7-5-4-6-8-18)21-14-19(13-20(16)21)17-9-11-23(2,3)12-10-17/h4-8,15,17,19H,9-14H2,1-3H3/i1D3,13D2,14D2. The van der Waals surface area contributed by atoms with E-state index in [1.165, 1.54) is 6.20 Å². The molecule has 1 heterocycles. The van der Waals surface area contributed by atoms with Crippen molar-refractivity contribution in [2.24, 2.45) is 17.3 Å². The minimum Gasteiger partial charge on any atom is -0.256 e. The summed E-state index contributed by atoms with van der Waals surface area (Å²) in [5.74, 6) is -1.10. The van der Waals surface area contributed by atoms with Crippen molar-refractivity contribution >= 4 is 0 Å². The Kier molecular flexibility index (Phi) is 2.45. The molecule has 4 rings (SSSR count). The fourth-order valence-corrected chi connectivity index (χ4v) is 3.95. The first kappa shape index (κ1) is 9.75. The third-order valence-electron chi connectivity index (χ3n) is 5.58. The van der Waals surface area contributed by atoms with E-state index in [9.17, 15) is 0 Å². The maximum absolute atomic E-state index is 9.11. The van der Waals surface area contributed by atoms with E-state index in [1.54, 1.807) is 12.1 Å². The summed E-state index contributed by atoms with van der Waals surface area (Å²) in [5, 5.41) is 0. The molecule has 0 N–H and O–H groups in total. The predicted octanol–water partition coefficient (Wildman–Crippen LogP) is 5.99. The number of aryl methyl sites for hydroxylation is 1. The molecule has 0 aliphatic heterocycles. The summed E-state index contributed by atoms with van der Waals surface area (Å²) in [6.45, 7) is 1.82. The van der Waals surface area contributed by atoms with Gasteiger partial charge in [-0.25, -0.2) is 0 Å². The molecule has 24 heavy (non-hydrogen) atoms. The van der Waals surface area contributed by atoms with E-state index >= 15 is 0 Å². The Morgan fingerprint density at radius 2 is 1.75 bits per heavy atom. The Hall–Kier alpha value is -1.63. The van der Waals surface area contributed by atoms with Crippen LogP contribution in [0.2, 0.25) is 0 Å². The van der Waals surface area contributed by atoms with Crippen LogP contribution < -0.4 is 0 Å². The molecule has 1 unspecified atom stereocenters. The smallest absolute Gasteiger partial charge is 0.0736 e. The van der Waals surface area contributed by atoms with Gasteiger partial charge in [-0.2, -0.15) is 0 Å². The molecule has 2 aliphatic carbocycles. The van der Waals surface area contributed by atoms with Gasteiger partial charge < -0.3 is 0 Å².